The van der Waals surface area contributed by atoms with E-state index in [2.05, 4.69) is 10.3 Å². The first-order valence-corrected chi connectivity index (χ1v) is 11.6. The van der Waals surface area contributed by atoms with Crippen molar-refractivity contribution >= 4 is 40.5 Å². The van der Waals surface area contributed by atoms with Crippen LogP contribution in [-0.2, 0) is 9.59 Å². The fraction of sp³-hybridized carbons (Fsp3) is 0.304. The van der Waals surface area contributed by atoms with Crippen LogP contribution in [0.25, 0.3) is 11.0 Å². The maximum Gasteiger partial charge on any atom is 0.302 e. The van der Waals surface area contributed by atoms with Gasteiger partial charge in [0.05, 0.1) is 6.54 Å². The molecule has 0 aliphatic carbocycles. The highest BCUT2D eigenvalue weighted by Crippen LogP contribution is 2.28. The van der Waals surface area contributed by atoms with E-state index >= 15 is 0 Å². The monoisotopic (exact) mass is 502 g/mol. The second-order valence-electron chi connectivity index (χ2n) is 7.52. The number of carbonyl (C=O) groups is 3. The molecule has 1 aromatic carbocycles. The zero-order valence-electron chi connectivity index (χ0n) is 18.9. The molecule has 0 fully saturated rings. The number of benzene rings is 1. The maximum atomic E-state index is 12.6. The summed E-state index contributed by atoms with van der Waals surface area (Å²) >= 11 is 0.824. The summed E-state index contributed by atoms with van der Waals surface area (Å²) < 4.78 is 6.38. The molecular formula is C23H26N4O7S. The summed E-state index contributed by atoms with van der Waals surface area (Å²) in [5, 5.41) is 36.6. The molecule has 186 valence electrons. The quantitative estimate of drug-likeness (QED) is 0.178. The van der Waals surface area contributed by atoms with E-state index in [9.17, 15) is 29.7 Å². The molecule has 0 spiro atoms. The lowest BCUT2D eigenvalue weighted by Gasteiger charge is -2.33. The van der Waals surface area contributed by atoms with E-state index < -0.39 is 36.3 Å². The van der Waals surface area contributed by atoms with Crippen LogP contribution in [0, 0.1) is 0 Å². The van der Waals surface area contributed by atoms with Crippen molar-refractivity contribution in [1.82, 2.24) is 19.9 Å². The van der Waals surface area contributed by atoms with E-state index in [1.54, 1.807) is 42.5 Å². The maximum absolute atomic E-state index is 12.6. The second-order valence-corrected chi connectivity index (χ2v) is 8.56. The molecule has 3 rings (SSSR count). The number of nitrogens with one attached hydrogen (secondary N) is 2. The van der Waals surface area contributed by atoms with Crippen molar-refractivity contribution in [2.45, 2.75) is 36.9 Å². The van der Waals surface area contributed by atoms with Crippen molar-refractivity contribution in [3.63, 3.8) is 0 Å². The minimum absolute atomic E-state index is 0.0153. The number of amides is 2. The Bertz CT molecular complexity index is 1140. The number of unbranched alkanes of at least 4 members (excludes halogenated alkanes) is 1. The van der Waals surface area contributed by atoms with Crippen LogP contribution >= 0.6 is 11.9 Å². The van der Waals surface area contributed by atoms with Gasteiger partial charge in [0.15, 0.2) is 12.0 Å². The van der Waals surface area contributed by atoms with Crippen LogP contribution in [0.4, 0.5) is 0 Å². The largest absolute Gasteiger partial charge is 0.451 e. The predicted octanol–water partition coefficient (Wildman–Crippen LogP) is 1.01. The SMILES string of the molecule is CCCCN(Sc1ccccn1)C(O)(O)C(=O)C(O)NC(=O)CNC(=O)c1cc2ccccc2o1. The summed E-state index contributed by atoms with van der Waals surface area (Å²) in [4.78, 5) is 41.1. The van der Waals surface area contributed by atoms with Gasteiger partial charge in [0.1, 0.15) is 10.6 Å². The first-order chi connectivity index (χ1) is 16.7. The van der Waals surface area contributed by atoms with Crippen molar-refractivity contribution in [2.24, 2.45) is 0 Å². The topological polar surface area (TPSA) is 165 Å². The number of furan rings is 1. The highest BCUT2D eigenvalue weighted by molar-refractivity contribution is 7.97. The van der Waals surface area contributed by atoms with Crippen LogP contribution in [0.1, 0.15) is 30.3 Å². The number of pyridine rings is 1. The van der Waals surface area contributed by atoms with Gasteiger partial charge in [-0.25, -0.2) is 4.98 Å². The van der Waals surface area contributed by atoms with E-state index in [4.69, 9.17) is 4.42 Å². The van der Waals surface area contributed by atoms with Crippen LogP contribution in [0.2, 0.25) is 0 Å². The van der Waals surface area contributed by atoms with Gasteiger partial charge in [0.25, 0.3) is 11.7 Å². The van der Waals surface area contributed by atoms with Crippen molar-refractivity contribution in [3.8, 4) is 0 Å². The first kappa shape index (κ1) is 26.3. The minimum atomic E-state index is -3.11. The number of hydrogen-bond donors (Lipinski definition) is 5. The lowest BCUT2D eigenvalue weighted by Crippen LogP contribution is -2.59. The fourth-order valence-corrected chi connectivity index (χ4v) is 3.91. The van der Waals surface area contributed by atoms with E-state index in [1.807, 2.05) is 12.2 Å². The fourth-order valence-electron chi connectivity index (χ4n) is 3.00. The number of aliphatic hydroxyl groups is 3. The Morgan fingerprint density at radius 1 is 1.17 bits per heavy atom. The number of fused-ring (bicyclic) bond motifs is 1. The third-order valence-corrected chi connectivity index (χ3v) is 5.93. The Balaban J connectivity index is 1.57. The number of aliphatic hydroxyl groups excluding tert-OH is 1. The van der Waals surface area contributed by atoms with Gasteiger partial charge in [0, 0.05) is 18.1 Å². The van der Waals surface area contributed by atoms with Crippen LogP contribution in [0.5, 0.6) is 0 Å². The molecule has 1 unspecified atom stereocenters. The van der Waals surface area contributed by atoms with Crippen molar-refractivity contribution < 1.29 is 34.1 Å². The first-order valence-electron chi connectivity index (χ1n) is 10.8. The molecule has 12 heteroatoms. The summed E-state index contributed by atoms with van der Waals surface area (Å²) in [6, 6.07) is 13.5. The second kappa shape index (κ2) is 11.9. The molecule has 3 aromatic rings. The Kier molecular flexibility index (Phi) is 8.95. The van der Waals surface area contributed by atoms with E-state index in [-0.39, 0.29) is 12.3 Å². The number of Topliss-reactive ketones (excluding diaryl/α,β-unsaturated/α-hetero) is 1. The molecule has 1 atom stereocenters. The van der Waals surface area contributed by atoms with Crippen molar-refractivity contribution in [1.29, 1.82) is 0 Å². The molecule has 5 N–H and O–H groups in total. The highest BCUT2D eigenvalue weighted by atomic mass is 32.2. The molecule has 35 heavy (non-hydrogen) atoms. The zero-order chi connectivity index (χ0) is 25.4. The van der Waals surface area contributed by atoms with Crippen LogP contribution in [-0.4, -0.2) is 67.4 Å². The van der Waals surface area contributed by atoms with Gasteiger partial charge in [-0.2, -0.15) is 4.31 Å². The Morgan fingerprint density at radius 2 is 1.91 bits per heavy atom. The van der Waals surface area contributed by atoms with Crippen molar-refractivity contribution in [3.05, 3.63) is 60.5 Å². The molecule has 0 aliphatic rings. The molecule has 11 nitrogen and oxygen atoms in total. The molecular weight excluding hydrogens is 476 g/mol. The number of para-hydroxylation sites is 1. The number of hydrogen-bond acceptors (Lipinski definition) is 10. The summed E-state index contributed by atoms with van der Waals surface area (Å²) in [7, 11) is 0. The molecule has 2 aromatic heterocycles. The Morgan fingerprint density at radius 3 is 2.60 bits per heavy atom. The summed E-state index contributed by atoms with van der Waals surface area (Å²) in [5.41, 5.74) is 0.501. The third kappa shape index (κ3) is 6.87. The third-order valence-electron chi connectivity index (χ3n) is 4.84. The summed E-state index contributed by atoms with van der Waals surface area (Å²) in [5.74, 6) is -6.19. The van der Waals surface area contributed by atoms with Crippen molar-refractivity contribution in [2.75, 3.05) is 13.1 Å². The standard InChI is InChI=1S/C23H26N4O7S/c1-2-3-12-27(35-19-10-6-7-11-24-19)23(32,33)20(29)22(31)26-18(28)14-25-21(30)17-13-15-8-4-5-9-16(15)34-17/h4-11,13,22,31-33H,2-3,12,14H2,1H3,(H,25,30)(H,26,28). The average Bonchev–Trinajstić information content (AvgIpc) is 3.29. The Hall–Kier alpha value is -3.29. The van der Waals surface area contributed by atoms with Gasteiger partial charge < -0.3 is 30.4 Å². The van der Waals surface area contributed by atoms with Gasteiger partial charge in [-0.1, -0.05) is 37.6 Å². The Labute approximate surface area is 205 Å². The minimum Gasteiger partial charge on any atom is -0.451 e. The van der Waals surface area contributed by atoms with E-state index in [0.29, 0.717) is 28.8 Å². The normalized spacial score (nSPS) is 12.5. The molecule has 2 heterocycles. The van der Waals surface area contributed by atoms with E-state index in [0.717, 1.165) is 16.3 Å². The zero-order valence-corrected chi connectivity index (χ0v) is 19.7. The summed E-state index contributed by atoms with van der Waals surface area (Å²) in [6.07, 6.45) is 0.488. The summed E-state index contributed by atoms with van der Waals surface area (Å²) in [6.45, 7) is 1.38. The number of ketones is 1. The number of carbonyl (C=O) groups excluding carboxylic acids is 3. The van der Waals surface area contributed by atoms with Gasteiger partial charge in [0.2, 0.25) is 5.91 Å². The van der Waals surface area contributed by atoms with Crippen LogP contribution in [0.15, 0.2) is 64.2 Å². The lowest BCUT2D eigenvalue weighted by atomic mass is 10.2. The molecule has 0 bridgehead atoms. The van der Waals surface area contributed by atoms with Gasteiger partial charge in [-0.3, -0.25) is 14.4 Å². The average molecular weight is 503 g/mol. The predicted molar refractivity (Wildman–Crippen MR) is 127 cm³/mol. The molecule has 0 saturated heterocycles. The van der Waals surface area contributed by atoms with Gasteiger partial charge in [-0.15, -0.1) is 0 Å². The highest BCUT2D eigenvalue weighted by Gasteiger charge is 2.45. The lowest BCUT2D eigenvalue weighted by molar-refractivity contribution is -0.230. The smallest absolute Gasteiger partial charge is 0.302 e. The number of nitrogens with zero attached hydrogens (tertiary/aromatic N) is 2. The number of aromatic nitrogens is 1. The van der Waals surface area contributed by atoms with E-state index in [1.165, 1.54) is 12.3 Å². The van der Waals surface area contributed by atoms with Crippen LogP contribution in [0.3, 0.4) is 0 Å². The van der Waals surface area contributed by atoms with Gasteiger partial charge in [-0.05, 0) is 42.6 Å². The number of rotatable bonds is 12. The molecule has 0 aliphatic heterocycles. The molecule has 2 amide bonds. The van der Waals surface area contributed by atoms with Gasteiger partial charge >= 0.3 is 5.91 Å². The molecule has 0 radical (unpaired) electrons. The molecule has 0 saturated carbocycles. The van der Waals surface area contributed by atoms with Crippen LogP contribution < -0.4 is 10.6 Å².